The van der Waals surface area contributed by atoms with Gasteiger partial charge in [-0.05, 0) is 43.9 Å². The number of aliphatic hydroxyl groups is 1. The maximum Gasteiger partial charge on any atom is 0.248 e. The van der Waals surface area contributed by atoms with Gasteiger partial charge in [0, 0.05) is 25.3 Å². The second-order valence-corrected chi connectivity index (χ2v) is 7.47. The van der Waals surface area contributed by atoms with Crippen LogP contribution in [0.1, 0.15) is 37.7 Å². The van der Waals surface area contributed by atoms with Crippen molar-refractivity contribution in [1.82, 2.24) is 4.90 Å². The van der Waals surface area contributed by atoms with Crippen molar-refractivity contribution in [2.75, 3.05) is 19.7 Å². The van der Waals surface area contributed by atoms with Crippen LogP contribution in [0.2, 0.25) is 0 Å². The van der Waals surface area contributed by atoms with Crippen molar-refractivity contribution in [2.24, 2.45) is 5.92 Å². The van der Waals surface area contributed by atoms with Gasteiger partial charge in [0.2, 0.25) is 11.8 Å². The molecule has 0 aromatic heterocycles. The molecule has 138 valence electrons. The zero-order chi connectivity index (χ0) is 18.1. The number of amides is 1. The van der Waals surface area contributed by atoms with E-state index in [1.165, 1.54) is 0 Å². The molecule has 1 amide bonds. The van der Waals surface area contributed by atoms with Crippen LogP contribution in [0, 0.1) is 12.8 Å². The standard InChI is InChI=1S/C19H25F2NO3/c1-14-3-2-4-16(11-14)25-13-18(24)9-10-22(12-18)17(23)15-5-7-19(20,21)8-6-15/h2-4,11,15,24H,5-10,12-13H2,1H3/t18-/m0/s1. The SMILES string of the molecule is Cc1cccc(OC[C@]2(O)CCN(C(=O)C3CCC(F)(F)CC3)C2)c1. The van der Waals surface area contributed by atoms with Gasteiger partial charge in [-0.15, -0.1) is 0 Å². The summed E-state index contributed by atoms with van der Waals surface area (Å²) in [5, 5.41) is 10.7. The first-order valence-corrected chi connectivity index (χ1v) is 8.85. The number of nitrogens with zero attached hydrogens (tertiary/aromatic N) is 1. The smallest absolute Gasteiger partial charge is 0.248 e. The van der Waals surface area contributed by atoms with E-state index >= 15 is 0 Å². The highest BCUT2D eigenvalue weighted by Crippen LogP contribution is 2.37. The van der Waals surface area contributed by atoms with E-state index in [1.807, 2.05) is 31.2 Å². The Morgan fingerprint density at radius 1 is 1.32 bits per heavy atom. The van der Waals surface area contributed by atoms with Crippen LogP contribution in [0.25, 0.3) is 0 Å². The molecule has 1 aromatic rings. The third kappa shape index (κ3) is 4.48. The second-order valence-electron chi connectivity index (χ2n) is 7.47. The molecule has 0 radical (unpaired) electrons. The monoisotopic (exact) mass is 353 g/mol. The van der Waals surface area contributed by atoms with Crippen LogP contribution in [-0.2, 0) is 4.79 Å². The number of hydrogen-bond acceptors (Lipinski definition) is 3. The molecule has 6 heteroatoms. The minimum Gasteiger partial charge on any atom is -0.491 e. The maximum absolute atomic E-state index is 13.3. The van der Waals surface area contributed by atoms with Gasteiger partial charge < -0.3 is 14.7 Å². The summed E-state index contributed by atoms with van der Waals surface area (Å²) in [6.45, 7) is 2.72. The number of ether oxygens (including phenoxy) is 1. The summed E-state index contributed by atoms with van der Waals surface area (Å²) in [4.78, 5) is 14.2. The quantitative estimate of drug-likeness (QED) is 0.905. The van der Waals surface area contributed by atoms with E-state index in [2.05, 4.69) is 0 Å². The molecule has 2 aliphatic rings. The van der Waals surface area contributed by atoms with Crippen molar-refractivity contribution >= 4 is 5.91 Å². The van der Waals surface area contributed by atoms with Crippen molar-refractivity contribution in [1.29, 1.82) is 0 Å². The van der Waals surface area contributed by atoms with Crippen LogP contribution >= 0.6 is 0 Å². The van der Waals surface area contributed by atoms with Crippen LogP contribution in [0.15, 0.2) is 24.3 Å². The number of benzene rings is 1. The van der Waals surface area contributed by atoms with E-state index < -0.39 is 11.5 Å². The van der Waals surface area contributed by atoms with Crippen molar-refractivity contribution < 1.29 is 23.4 Å². The van der Waals surface area contributed by atoms with E-state index in [0.717, 1.165) is 5.56 Å². The number of likely N-dealkylation sites (tertiary alicyclic amines) is 1. The fraction of sp³-hybridized carbons (Fsp3) is 0.632. The zero-order valence-corrected chi connectivity index (χ0v) is 14.5. The lowest BCUT2D eigenvalue weighted by molar-refractivity contribution is -0.139. The van der Waals surface area contributed by atoms with E-state index in [9.17, 15) is 18.7 Å². The number of halogens is 2. The zero-order valence-electron chi connectivity index (χ0n) is 14.5. The second kappa shape index (κ2) is 6.90. The third-order valence-corrected chi connectivity index (χ3v) is 5.21. The van der Waals surface area contributed by atoms with E-state index in [-0.39, 0.29) is 50.7 Å². The first kappa shape index (κ1) is 18.1. The molecule has 0 spiro atoms. The lowest BCUT2D eigenvalue weighted by Crippen LogP contribution is -2.43. The largest absolute Gasteiger partial charge is 0.491 e. The highest BCUT2D eigenvalue weighted by atomic mass is 19.3. The molecule has 1 saturated heterocycles. The van der Waals surface area contributed by atoms with Crippen LogP contribution in [-0.4, -0.2) is 47.1 Å². The fourth-order valence-corrected chi connectivity index (χ4v) is 3.63. The number of rotatable bonds is 4. The van der Waals surface area contributed by atoms with Gasteiger partial charge in [-0.3, -0.25) is 4.79 Å². The molecule has 1 heterocycles. The normalized spacial score (nSPS) is 26.6. The minimum atomic E-state index is -2.63. The Hall–Kier alpha value is -1.69. The topological polar surface area (TPSA) is 49.8 Å². The minimum absolute atomic E-state index is 0.109. The first-order valence-electron chi connectivity index (χ1n) is 8.85. The van der Waals surface area contributed by atoms with Crippen molar-refractivity contribution in [2.45, 2.75) is 50.6 Å². The Morgan fingerprint density at radius 2 is 2.04 bits per heavy atom. The number of carbonyl (C=O) groups is 1. The number of hydrogen-bond donors (Lipinski definition) is 1. The molecule has 4 nitrogen and oxygen atoms in total. The summed E-state index contributed by atoms with van der Waals surface area (Å²) in [5.74, 6) is -2.40. The highest BCUT2D eigenvalue weighted by molar-refractivity contribution is 5.79. The van der Waals surface area contributed by atoms with E-state index in [4.69, 9.17) is 4.74 Å². The van der Waals surface area contributed by atoms with E-state index in [0.29, 0.717) is 18.7 Å². The van der Waals surface area contributed by atoms with Gasteiger partial charge in [0.25, 0.3) is 0 Å². The summed E-state index contributed by atoms with van der Waals surface area (Å²) in [5.41, 5.74) is -0.0142. The molecule has 25 heavy (non-hydrogen) atoms. The van der Waals surface area contributed by atoms with Crippen LogP contribution in [0.5, 0.6) is 5.75 Å². The Bertz CT molecular complexity index is 627. The molecule has 1 atom stereocenters. The molecule has 0 unspecified atom stereocenters. The molecule has 3 rings (SSSR count). The van der Waals surface area contributed by atoms with Gasteiger partial charge in [-0.1, -0.05) is 12.1 Å². The average Bonchev–Trinajstić information content (AvgIpc) is 2.95. The van der Waals surface area contributed by atoms with Gasteiger partial charge in [0.15, 0.2) is 0 Å². The number of aryl methyl sites for hydroxylation is 1. The Morgan fingerprint density at radius 3 is 2.72 bits per heavy atom. The molecule has 1 saturated carbocycles. The van der Waals surface area contributed by atoms with Crippen molar-refractivity contribution in [3.05, 3.63) is 29.8 Å². The summed E-state index contributed by atoms with van der Waals surface area (Å²) in [6, 6.07) is 7.57. The van der Waals surface area contributed by atoms with Crippen LogP contribution < -0.4 is 4.74 Å². The first-order chi connectivity index (χ1) is 11.8. The Kier molecular flexibility index (Phi) is 5.00. The molecule has 2 fully saturated rings. The predicted molar refractivity (Wildman–Crippen MR) is 89.7 cm³/mol. The molecular weight excluding hydrogens is 328 g/mol. The Balaban J connectivity index is 1.52. The van der Waals surface area contributed by atoms with Gasteiger partial charge in [-0.2, -0.15) is 0 Å². The number of β-amino-alcohol motifs (C(OH)–C–C–N with tert-alkyl or cyclic N) is 1. The van der Waals surface area contributed by atoms with Gasteiger partial charge in [-0.25, -0.2) is 8.78 Å². The average molecular weight is 353 g/mol. The molecule has 1 aliphatic heterocycles. The molecule has 1 aromatic carbocycles. The highest BCUT2D eigenvalue weighted by Gasteiger charge is 2.43. The van der Waals surface area contributed by atoms with Crippen LogP contribution in [0.4, 0.5) is 8.78 Å². The predicted octanol–water partition coefficient (Wildman–Crippen LogP) is 3.16. The lowest BCUT2D eigenvalue weighted by atomic mass is 9.86. The van der Waals surface area contributed by atoms with Crippen molar-refractivity contribution in [3.63, 3.8) is 0 Å². The Labute approximate surface area is 146 Å². The van der Waals surface area contributed by atoms with Crippen molar-refractivity contribution in [3.8, 4) is 5.75 Å². The van der Waals surface area contributed by atoms with Gasteiger partial charge >= 0.3 is 0 Å². The van der Waals surface area contributed by atoms with E-state index in [1.54, 1.807) is 4.90 Å². The lowest BCUT2D eigenvalue weighted by Gasteiger charge is -2.31. The third-order valence-electron chi connectivity index (χ3n) is 5.21. The summed E-state index contributed by atoms with van der Waals surface area (Å²) >= 11 is 0. The molecule has 1 aliphatic carbocycles. The fourth-order valence-electron chi connectivity index (χ4n) is 3.63. The van der Waals surface area contributed by atoms with Crippen LogP contribution in [0.3, 0.4) is 0 Å². The molecular formula is C19H25F2NO3. The maximum atomic E-state index is 13.3. The molecule has 0 bridgehead atoms. The summed E-state index contributed by atoms with van der Waals surface area (Å²) < 4.78 is 32.2. The molecule has 1 N–H and O–H groups in total. The summed E-state index contributed by atoms with van der Waals surface area (Å²) in [6.07, 6.45) is 0.435. The van der Waals surface area contributed by atoms with Gasteiger partial charge in [0.05, 0.1) is 6.54 Å². The van der Waals surface area contributed by atoms with Gasteiger partial charge in [0.1, 0.15) is 18.0 Å². The number of carbonyl (C=O) groups excluding carboxylic acids is 1. The summed E-state index contributed by atoms with van der Waals surface area (Å²) in [7, 11) is 0. The number of alkyl halides is 2.